The van der Waals surface area contributed by atoms with Crippen molar-refractivity contribution in [2.45, 2.75) is 19.6 Å². The second kappa shape index (κ2) is 11.3. The molecule has 0 bridgehead atoms. The molecule has 3 aromatic rings. The highest BCUT2D eigenvalue weighted by atomic mass is 35.5. The fraction of sp³-hybridized carbons (Fsp3) is 0.227. The predicted molar refractivity (Wildman–Crippen MR) is 118 cm³/mol. The van der Waals surface area contributed by atoms with Crippen molar-refractivity contribution in [3.63, 3.8) is 0 Å². The summed E-state index contributed by atoms with van der Waals surface area (Å²) in [6.45, 7) is 2.37. The average Bonchev–Trinajstić information content (AvgIpc) is 2.72. The maximum atomic E-state index is 6.22. The van der Waals surface area contributed by atoms with Gasteiger partial charge in [-0.3, -0.25) is 0 Å². The zero-order chi connectivity index (χ0) is 20.5. The Morgan fingerprint density at radius 2 is 1.69 bits per heavy atom. The SMILES string of the molecule is Clc1ccc(COc2ccc(Cl)cc2CNCCCOc2ccccn2)c(Cl)c1. The summed E-state index contributed by atoms with van der Waals surface area (Å²) >= 11 is 18.3. The van der Waals surface area contributed by atoms with Crippen LogP contribution in [0.2, 0.25) is 15.1 Å². The number of hydrogen-bond donors (Lipinski definition) is 1. The summed E-state index contributed by atoms with van der Waals surface area (Å²) in [4.78, 5) is 4.13. The molecule has 4 nitrogen and oxygen atoms in total. The molecule has 0 atom stereocenters. The number of hydrogen-bond acceptors (Lipinski definition) is 4. The molecule has 29 heavy (non-hydrogen) atoms. The summed E-state index contributed by atoms with van der Waals surface area (Å²) in [5, 5.41) is 5.24. The largest absolute Gasteiger partial charge is 0.489 e. The first-order chi connectivity index (χ1) is 14.1. The van der Waals surface area contributed by atoms with Gasteiger partial charge in [0, 0.05) is 45.0 Å². The minimum Gasteiger partial charge on any atom is -0.489 e. The van der Waals surface area contributed by atoms with E-state index < -0.39 is 0 Å². The van der Waals surface area contributed by atoms with Gasteiger partial charge in [-0.1, -0.05) is 46.9 Å². The molecule has 0 unspecified atom stereocenters. The molecular formula is C22H21Cl3N2O2. The monoisotopic (exact) mass is 450 g/mol. The molecule has 152 valence electrons. The van der Waals surface area contributed by atoms with E-state index in [0.717, 1.165) is 29.8 Å². The predicted octanol–water partition coefficient (Wildman–Crippen LogP) is 6.18. The van der Waals surface area contributed by atoms with Crippen molar-refractivity contribution in [2.24, 2.45) is 0 Å². The normalized spacial score (nSPS) is 10.7. The van der Waals surface area contributed by atoms with Gasteiger partial charge < -0.3 is 14.8 Å². The molecule has 0 fully saturated rings. The molecule has 2 aromatic carbocycles. The van der Waals surface area contributed by atoms with Crippen LogP contribution in [0.4, 0.5) is 0 Å². The highest BCUT2D eigenvalue weighted by Gasteiger charge is 2.08. The van der Waals surface area contributed by atoms with Crippen LogP contribution in [0.25, 0.3) is 0 Å². The fourth-order valence-electron chi connectivity index (χ4n) is 2.65. The van der Waals surface area contributed by atoms with Crippen molar-refractivity contribution in [3.05, 3.63) is 87.0 Å². The van der Waals surface area contributed by atoms with Crippen LogP contribution in [0, 0.1) is 0 Å². The van der Waals surface area contributed by atoms with Crippen LogP contribution in [0.5, 0.6) is 11.6 Å². The van der Waals surface area contributed by atoms with Crippen molar-refractivity contribution in [3.8, 4) is 11.6 Å². The van der Waals surface area contributed by atoms with E-state index in [1.165, 1.54) is 0 Å². The van der Waals surface area contributed by atoms with E-state index in [2.05, 4.69) is 10.3 Å². The molecule has 0 aliphatic carbocycles. The first-order valence-corrected chi connectivity index (χ1v) is 10.3. The summed E-state index contributed by atoms with van der Waals surface area (Å²) in [5.41, 5.74) is 1.85. The second-order valence-corrected chi connectivity index (χ2v) is 7.60. The Hall–Kier alpha value is -1.98. The second-order valence-electron chi connectivity index (χ2n) is 6.32. The topological polar surface area (TPSA) is 43.4 Å². The Balaban J connectivity index is 1.48. The van der Waals surface area contributed by atoms with Crippen LogP contribution < -0.4 is 14.8 Å². The van der Waals surface area contributed by atoms with E-state index in [4.69, 9.17) is 44.3 Å². The first-order valence-electron chi connectivity index (χ1n) is 9.21. The molecule has 0 saturated carbocycles. The lowest BCUT2D eigenvalue weighted by Crippen LogP contribution is -2.17. The van der Waals surface area contributed by atoms with Crippen LogP contribution in [-0.2, 0) is 13.2 Å². The Kier molecular flexibility index (Phi) is 8.44. The van der Waals surface area contributed by atoms with Gasteiger partial charge in [0.2, 0.25) is 5.88 Å². The maximum Gasteiger partial charge on any atom is 0.213 e. The molecule has 1 aromatic heterocycles. The van der Waals surface area contributed by atoms with Crippen molar-refractivity contribution in [2.75, 3.05) is 13.2 Å². The number of halogens is 3. The molecule has 0 aliphatic heterocycles. The van der Waals surface area contributed by atoms with Crippen LogP contribution in [-0.4, -0.2) is 18.1 Å². The number of ether oxygens (including phenoxy) is 2. The first kappa shape index (κ1) is 21.7. The Morgan fingerprint density at radius 3 is 2.48 bits per heavy atom. The average molecular weight is 452 g/mol. The van der Waals surface area contributed by atoms with E-state index in [1.54, 1.807) is 18.3 Å². The van der Waals surface area contributed by atoms with E-state index in [0.29, 0.717) is 40.7 Å². The molecule has 0 saturated heterocycles. The minimum absolute atomic E-state index is 0.350. The maximum absolute atomic E-state index is 6.22. The van der Waals surface area contributed by atoms with Crippen LogP contribution in [0.1, 0.15) is 17.5 Å². The summed E-state index contributed by atoms with van der Waals surface area (Å²) in [6.07, 6.45) is 2.57. The zero-order valence-electron chi connectivity index (χ0n) is 15.7. The molecule has 7 heteroatoms. The summed E-state index contributed by atoms with van der Waals surface area (Å²) in [5.74, 6) is 1.40. The highest BCUT2D eigenvalue weighted by molar-refractivity contribution is 6.35. The van der Waals surface area contributed by atoms with E-state index >= 15 is 0 Å². The van der Waals surface area contributed by atoms with Gasteiger partial charge in [0.15, 0.2) is 0 Å². The molecule has 0 spiro atoms. The quantitative estimate of drug-likeness (QED) is 0.374. The Morgan fingerprint density at radius 1 is 0.862 bits per heavy atom. The number of nitrogens with zero attached hydrogens (tertiary/aromatic N) is 1. The van der Waals surface area contributed by atoms with Crippen molar-refractivity contribution in [1.29, 1.82) is 0 Å². The van der Waals surface area contributed by atoms with Gasteiger partial charge in [0.05, 0.1) is 6.61 Å². The molecule has 0 amide bonds. The Labute approximate surface area is 185 Å². The number of aromatic nitrogens is 1. The molecule has 0 radical (unpaired) electrons. The van der Waals surface area contributed by atoms with Gasteiger partial charge in [0.1, 0.15) is 12.4 Å². The van der Waals surface area contributed by atoms with E-state index in [9.17, 15) is 0 Å². The van der Waals surface area contributed by atoms with Gasteiger partial charge in [-0.25, -0.2) is 4.98 Å². The molecule has 1 heterocycles. The zero-order valence-corrected chi connectivity index (χ0v) is 18.0. The summed E-state index contributed by atoms with van der Waals surface area (Å²) in [7, 11) is 0. The highest BCUT2D eigenvalue weighted by Crippen LogP contribution is 2.26. The van der Waals surface area contributed by atoms with Gasteiger partial charge in [-0.05, 0) is 49.4 Å². The van der Waals surface area contributed by atoms with Gasteiger partial charge in [-0.2, -0.15) is 0 Å². The van der Waals surface area contributed by atoms with Crippen LogP contribution in [0.15, 0.2) is 60.8 Å². The Bertz CT molecular complexity index is 923. The standard InChI is InChI=1S/C22H21Cl3N2O2/c23-18-7-8-21(29-15-16-5-6-19(24)13-20(16)25)17(12-18)14-26-9-3-11-28-22-4-1-2-10-27-22/h1-2,4-8,10,12-13,26H,3,9,11,14-15H2. The van der Waals surface area contributed by atoms with E-state index in [-0.39, 0.29) is 0 Å². The summed E-state index contributed by atoms with van der Waals surface area (Å²) in [6, 6.07) is 16.5. The molecule has 1 N–H and O–H groups in total. The smallest absolute Gasteiger partial charge is 0.213 e. The van der Waals surface area contributed by atoms with Crippen molar-refractivity contribution in [1.82, 2.24) is 10.3 Å². The molecule has 0 aliphatic rings. The number of rotatable bonds is 10. The number of nitrogens with one attached hydrogen (secondary N) is 1. The molecule has 3 rings (SSSR count). The lowest BCUT2D eigenvalue weighted by atomic mass is 10.2. The minimum atomic E-state index is 0.350. The van der Waals surface area contributed by atoms with Gasteiger partial charge >= 0.3 is 0 Å². The number of benzene rings is 2. The third-order valence-corrected chi connectivity index (χ3v) is 4.94. The lowest BCUT2D eigenvalue weighted by Gasteiger charge is -2.14. The molecular weight excluding hydrogens is 431 g/mol. The van der Waals surface area contributed by atoms with Gasteiger partial charge in [-0.15, -0.1) is 0 Å². The summed E-state index contributed by atoms with van der Waals surface area (Å²) < 4.78 is 11.6. The third-order valence-electron chi connectivity index (χ3n) is 4.12. The lowest BCUT2D eigenvalue weighted by molar-refractivity contribution is 0.294. The van der Waals surface area contributed by atoms with Crippen LogP contribution in [0.3, 0.4) is 0 Å². The van der Waals surface area contributed by atoms with E-state index in [1.807, 2.05) is 42.5 Å². The van der Waals surface area contributed by atoms with Gasteiger partial charge in [0.25, 0.3) is 0 Å². The van der Waals surface area contributed by atoms with Crippen molar-refractivity contribution >= 4 is 34.8 Å². The van der Waals surface area contributed by atoms with Crippen LogP contribution >= 0.6 is 34.8 Å². The van der Waals surface area contributed by atoms with Crippen molar-refractivity contribution < 1.29 is 9.47 Å². The fourth-order valence-corrected chi connectivity index (χ4v) is 3.31. The third kappa shape index (κ3) is 7.09. The number of pyridine rings is 1.